The second-order valence-corrected chi connectivity index (χ2v) is 3.04. The quantitative estimate of drug-likeness (QED) is 0.669. The van der Waals surface area contributed by atoms with Gasteiger partial charge in [-0.1, -0.05) is 13.8 Å². The van der Waals surface area contributed by atoms with E-state index in [1.807, 2.05) is 13.8 Å². The highest BCUT2D eigenvalue weighted by Crippen LogP contribution is 2.06. The summed E-state index contributed by atoms with van der Waals surface area (Å²) in [6, 6.07) is 0. The molecular weight excluding hydrogens is 166 g/mol. The highest BCUT2D eigenvalue weighted by Gasteiger charge is 2.16. The maximum atomic E-state index is 5.53. The Hall–Kier alpha value is -0.120. The summed E-state index contributed by atoms with van der Waals surface area (Å²) in [5, 5.41) is 0. The maximum Gasteiger partial charge on any atom is 0.0724 e. The predicted molar refractivity (Wildman–Crippen MR) is 55.1 cm³/mol. The van der Waals surface area contributed by atoms with Gasteiger partial charge in [-0.3, -0.25) is 0 Å². The van der Waals surface area contributed by atoms with Crippen molar-refractivity contribution >= 4 is 0 Å². The summed E-state index contributed by atoms with van der Waals surface area (Å²) < 4.78 is 10.5. The Morgan fingerprint density at radius 1 is 1.46 bits per heavy atom. The van der Waals surface area contributed by atoms with Crippen LogP contribution < -0.4 is 0 Å². The fourth-order valence-corrected chi connectivity index (χ4v) is 1.29. The fraction of sp³-hybridized carbons (Fsp3) is 1.00. The molecule has 0 aromatic rings. The van der Waals surface area contributed by atoms with Crippen molar-refractivity contribution in [1.82, 2.24) is 4.90 Å². The van der Waals surface area contributed by atoms with Gasteiger partial charge in [-0.05, 0) is 13.5 Å². The third kappa shape index (κ3) is 6.02. The molecule has 0 aromatic carbocycles. The van der Waals surface area contributed by atoms with Crippen LogP contribution in [0.15, 0.2) is 0 Å². The Kier molecular flexibility index (Phi) is 8.40. The van der Waals surface area contributed by atoms with Crippen LogP contribution in [0, 0.1) is 0 Å². The molecule has 1 atom stereocenters. The number of nitrogens with zero attached hydrogens (tertiary/aromatic N) is 1. The van der Waals surface area contributed by atoms with Crippen LogP contribution in [0.1, 0.15) is 20.3 Å². The van der Waals surface area contributed by atoms with E-state index in [2.05, 4.69) is 11.9 Å². The van der Waals surface area contributed by atoms with Crippen LogP contribution in [0.25, 0.3) is 0 Å². The Bertz CT molecular complexity index is 109. The van der Waals surface area contributed by atoms with Gasteiger partial charge in [-0.15, -0.1) is 0 Å². The van der Waals surface area contributed by atoms with Crippen molar-refractivity contribution in [2.75, 3.05) is 40.5 Å². The van der Waals surface area contributed by atoms with Crippen molar-refractivity contribution in [3.8, 4) is 0 Å². The first kappa shape index (κ1) is 12.9. The molecule has 1 unspecified atom stereocenters. The van der Waals surface area contributed by atoms with Gasteiger partial charge in [0.15, 0.2) is 0 Å². The summed E-state index contributed by atoms with van der Waals surface area (Å²) in [5.74, 6) is 0. The first-order chi connectivity index (χ1) is 6.33. The van der Waals surface area contributed by atoms with Crippen LogP contribution in [0.4, 0.5) is 0 Å². The van der Waals surface area contributed by atoms with Gasteiger partial charge in [0, 0.05) is 26.8 Å². The number of hydrogen-bond donors (Lipinski definition) is 0. The maximum absolute atomic E-state index is 5.53. The molecule has 1 aliphatic rings. The molecule has 3 nitrogen and oxygen atoms in total. The zero-order valence-electron chi connectivity index (χ0n) is 9.38. The Labute approximate surface area is 82.0 Å². The average Bonchev–Trinajstić information content (AvgIpc) is 2.18. The van der Waals surface area contributed by atoms with Gasteiger partial charge in [-0.25, -0.2) is 0 Å². The molecule has 0 amide bonds. The van der Waals surface area contributed by atoms with Crippen LogP contribution in [0.2, 0.25) is 0 Å². The third-order valence-corrected chi connectivity index (χ3v) is 1.99. The lowest BCUT2D eigenvalue weighted by atomic mass is 10.2. The first-order valence-corrected chi connectivity index (χ1v) is 5.12. The molecule has 1 heterocycles. The number of rotatable bonds is 3. The van der Waals surface area contributed by atoms with E-state index in [0.29, 0.717) is 6.10 Å². The van der Waals surface area contributed by atoms with Crippen LogP contribution in [0.5, 0.6) is 0 Å². The first-order valence-electron chi connectivity index (χ1n) is 5.12. The lowest BCUT2D eigenvalue weighted by Gasteiger charge is -2.29. The molecule has 0 aromatic heterocycles. The largest absolute Gasteiger partial charge is 0.385 e. The minimum atomic E-state index is 0.383. The lowest BCUT2D eigenvalue weighted by molar-refractivity contribution is -0.0327. The molecular formula is C10H23NO2. The van der Waals surface area contributed by atoms with Gasteiger partial charge < -0.3 is 14.4 Å². The Morgan fingerprint density at radius 3 is 2.69 bits per heavy atom. The number of hydrogen-bond acceptors (Lipinski definition) is 3. The van der Waals surface area contributed by atoms with Gasteiger partial charge in [-0.2, -0.15) is 0 Å². The van der Waals surface area contributed by atoms with Crippen LogP contribution >= 0.6 is 0 Å². The van der Waals surface area contributed by atoms with Crippen molar-refractivity contribution in [3.63, 3.8) is 0 Å². The molecule has 0 aliphatic carbocycles. The topological polar surface area (TPSA) is 21.7 Å². The van der Waals surface area contributed by atoms with Crippen molar-refractivity contribution in [2.45, 2.75) is 26.4 Å². The summed E-state index contributed by atoms with van der Waals surface area (Å²) in [5.41, 5.74) is 0. The number of methoxy groups -OCH3 is 1. The molecule has 0 spiro atoms. The highest BCUT2D eigenvalue weighted by atomic mass is 16.5. The van der Waals surface area contributed by atoms with E-state index in [1.54, 1.807) is 7.11 Å². The molecule has 1 aliphatic heterocycles. The molecule has 0 saturated carbocycles. The van der Waals surface area contributed by atoms with Gasteiger partial charge in [0.05, 0.1) is 12.7 Å². The molecule has 1 fully saturated rings. The van der Waals surface area contributed by atoms with Gasteiger partial charge in [0.25, 0.3) is 0 Å². The van der Waals surface area contributed by atoms with Crippen molar-refractivity contribution < 1.29 is 9.47 Å². The average molecular weight is 189 g/mol. The fourth-order valence-electron chi connectivity index (χ4n) is 1.29. The normalized spacial score (nSPS) is 23.5. The molecule has 1 saturated heterocycles. The monoisotopic (exact) mass is 189 g/mol. The van der Waals surface area contributed by atoms with Gasteiger partial charge in [0.2, 0.25) is 0 Å². The van der Waals surface area contributed by atoms with Crippen LogP contribution in [0.3, 0.4) is 0 Å². The van der Waals surface area contributed by atoms with E-state index in [1.165, 1.54) is 0 Å². The summed E-state index contributed by atoms with van der Waals surface area (Å²) in [7, 11) is 3.86. The second kappa shape index (κ2) is 8.48. The number of morpholine rings is 1. The van der Waals surface area contributed by atoms with Crippen LogP contribution in [-0.4, -0.2) is 51.5 Å². The SMILES string of the molecule is CC.COCCC1CN(C)CCO1. The second-order valence-electron chi connectivity index (χ2n) is 3.04. The molecule has 0 N–H and O–H groups in total. The summed E-state index contributed by atoms with van der Waals surface area (Å²) >= 11 is 0. The zero-order chi connectivity index (χ0) is 10.1. The molecule has 0 radical (unpaired) electrons. The summed E-state index contributed by atoms with van der Waals surface area (Å²) in [4.78, 5) is 2.30. The molecule has 80 valence electrons. The smallest absolute Gasteiger partial charge is 0.0724 e. The minimum Gasteiger partial charge on any atom is -0.385 e. The van der Waals surface area contributed by atoms with Crippen molar-refractivity contribution in [1.29, 1.82) is 0 Å². The summed E-state index contributed by atoms with van der Waals surface area (Å²) in [6.07, 6.45) is 1.40. The third-order valence-electron chi connectivity index (χ3n) is 1.99. The standard InChI is InChI=1S/C8H17NO2.C2H6/c1-9-4-6-11-8(7-9)3-5-10-2;1-2/h8H,3-7H2,1-2H3;1-2H3. The highest BCUT2D eigenvalue weighted by molar-refractivity contribution is 4.67. The number of ether oxygens (including phenoxy) is 2. The van der Waals surface area contributed by atoms with E-state index < -0.39 is 0 Å². The Morgan fingerprint density at radius 2 is 2.15 bits per heavy atom. The minimum absolute atomic E-state index is 0.383. The van der Waals surface area contributed by atoms with E-state index in [9.17, 15) is 0 Å². The van der Waals surface area contributed by atoms with Crippen molar-refractivity contribution in [3.05, 3.63) is 0 Å². The van der Waals surface area contributed by atoms with Crippen molar-refractivity contribution in [2.24, 2.45) is 0 Å². The van der Waals surface area contributed by atoms with Gasteiger partial charge >= 0.3 is 0 Å². The lowest BCUT2D eigenvalue weighted by Crippen LogP contribution is -2.40. The van der Waals surface area contributed by atoms with E-state index >= 15 is 0 Å². The number of likely N-dealkylation sites (N-methyl/N-ethyl adjacent to an activating group) is 1. The zero-order valence-corrected chi connectivity index (χ0v) is 9.38. The predicted octanol–water partition coefficient (Wildman–Crippen LogP) is 1.38. The van der Waals surface area contributed by atoms with Crippen LogP contribution in [-0.2, 0) is 9.47 Å². The Balaban J connectivity index is 0.000000671. The van der Waals surface area contributed by atoms with E-state index in [4.69, 9.17) is 9.47 Å². The van der Waals surface area contributed by atoms with E-state index in [0.717, 1.165) is 32.7 Å². The molecule has 13 heavy (non-hydrogen) atoms. The molecule has 0 bridgehead atoms. The summed E-state index contributed by atoms with van der Waals surface area (Å²) in [6.45, 7) is 7.77. The molecule has 1 rings (SSSR count). The molecule has 3 heteroatoms. The van der Waals surface area contributed by atoms with Gasteiger partial charge in [0.1, 0.15) is 0 Å². The van der Waals surface area contributed by atoms with E-state index in [-0.39, 0.29) is 0 Å².